The Bertz CT molecular complexity index is 579. The lowest BCUT2D eigenvalue weighted by Crippen LogP contribution is -2.20. The highest BCUT2D eigenvalue weighted by Crippen LogP contribution is 2.16. The Labute approximate surface area is 171 Å². The summed E-state index contributed by atoms with van der Waals surface area (Å²) in [6.45, 7) is 5.07. The molecule has 28 heavy (non-hydrogen) atoms. The topological polar surface area (TPSA) is 50.7 Å². The van der Waals surface area contributed by atoms with Gasteiger partial charge in [-0.3, -0.25) is 4.79 Å². The molecule has 0 unspecified atom stereocenters. The molecule has 0 saturated heterocycles. The Balaban J connectivity index is 1.83. The molecule has 0 aliphatic heterocycles. The highest BCUT2D eigenvalue weighted by molar-refractivity contribution is 5.95. The van der Waals surface area contributed by atoms with E-state index < -0.39 is 0 Å². The molecule has 4 heteroatoms. The molecule has 0 radical (unpaired) electrons. The van der Waals surface area contributed by atoms with E-state index >= 15 is 0 Å². The van der Waals surface area contributed by atoms with Gasteiger partial charge >= 0.3 is 0 Å². The van der Waals surface area contributed by atoms with Crippen molar-refractivity contribution in [2.75, 3.05) is 6.61 Å². The van der Waals surface area contributed by atoms with E-state index in [1.54, 1.807) is 12.1 Å². The van der Waals surface area contributed by atoms with Crippen LogP contribution in [0.3, 0.4) is 0 Å². The summed E-state index contributed by atoms with van der Waals surface area (Å²) in [6, 6.07) is 7.33. The number of carbonyl (C=O) groups excluding carboxylic acids is 1. The van der Waals surface area contributed by atoms with Gasteiger partial charge in [0.05, 0.1) is 6.61 Å². The van der Waals surface area contributed by atoms with Crippen LogP contribution in [0.2, 0.25) is 0 Å². The molecule has 1 aromatic carbocycles. The minimum atomic E-state index is -0.146. The van der Waals surface area contributed by atoms with Crippen LogP contribution in [-0.4, -0.2) is 18.2 Å². The third-order valence-electron chi connectivity index (χ3n) is 5.33. The lowest BCUT2D eigenvalue weighted by atomic mass is 10.00. The second kappa shape index (κ2) is 13.4. The number of nitrogens with zero attached hydrogens (tertiary/aromatic N) is 1. The Morgan fingerprint density at radius 1 is 0.929 bits per heavy atom. The first kappa shape index (κ1) is 22.4. The van der Waals surface area contributed by atoms with Crippen molar-refractivity contribution in [1.29, 1.82) is 0 Å². The number of amides is 1. The van der Waals surface area contributed by atoms with Gasteiger partial charge in [0.2, 0.25) is 0 Å². The first-order valence-electron chi connectivity index (χ1n) is 11.2. The molecule has 1 saturated carbocycles. The Morgan fingerprint density at radius 3 is 2.00 bits per heavy atom. The van der Waals surface area contributed by atoms with Crippen molar-refractivity contribution in [3.8, 4) is 5.75 Å². The van der Waals surface area contributed by atoms with E-state index in [1.165, 1.54) is 57.8 Å². The lowest BCUT2D eigenvalue weighted by molar-refractivity contribution is 0.0954. The molecule has 2 rings (SSSR count). The predicted molar refractivity (Wildman–Crippen MR) is 117 cm³/mol. The van der Waals surface area contributed by atoms with E-state index in [2.05, 4.69) is 24.4 Å². The highest BCUT2D eigenvalue weighted by atomic mass is 16.5. The van der Waals surface area contributed by atoms with E-state index in [9.17, 15) is 4.79 Å². The Hall–Kier alpha value is -1.84. The molecule has 0 aromatic heterocycles. The number of carbonyl (C=O) groups is 1. The summed E-state index contributed by atoms with van der Waals surface area (Å²) in [5, 5.41) is 4.46. The van der Waals surface area contributed by atoms with E-state index in [0.29, 0.717) is 18.1 Å². The quantitative estimate of drug-likeness (QED) is 0.567. The summed E-state index contributed by atoms with van der Waals surface area (Å²) in [7, 11) is 0. The van der Waals surface area contributed by atoms with Crippen molar-refractivity contribution in [3.63, 3.8) is 0 Å². The van der Waals surface area contributed by atoms with Gasteiger partial charge in [0.15, 0.2) is 0 Å². The maximum atomic E-state index is 12.4. The molecule has 1 aliphatic carbocycles. The fourth-order valence-corrected chi connectivity index (χ4v) is 3.44. The average Bonchev–Trinajstić information content (AvgIpc) is 2.67. The number of hydrogen-bond donors (Lipinski definition) is 1. The van der Waals surface area contributed by atoms with E-state index in [0.717, 1.165) is 30.7 Å². The summed E-state index contributed by atoms with van der Waals surface area (Å²) < 4.78 is 5.71. The van der Waals surface area contributed by atoms with Crippen molar-refractivity contribution in [2.45, 2.75) is 90.9 Å². The van der Waals surface area contributed by atoms with Crippen LogP contribution in [-0.2, 0) is 0 Å². The summed E-state index contributed by atoms with van der Waals surface area (Å²) in [5.41, 5.74) is 4.53. The summed E-state index contributed by atoms with van der Waals surface area (Å²) in [4.78, 5) is 12.4. The first-order chi connectivity index (χ1) is 13.6. The van der Waals surface area contributed by atoms with E-state index in [1.807, 2.05) is 12.1 Å². The van der Waals surface area contributed by atoms with Gasteiger partial charge in [-0.2, -0.15) is 5.10 Å². The zero-order chi connectivity index (χ0) is 20.0. The summed E-state index contributed by atoms with van der Waals surface area (Å²) in [6.07, 6.45) is 14.7. The Morgan fingerprint density at radius 2 is 1.46 bits per heavy atom. The smallest absolute Gasteiger partial charge is 0.271 e. The molecule has 4 nitrogen and oxygen atoms in total. The van der Waals surface area contributed by atoms with Gasteiger partial charge in [-0.1, -0.05) is 58.8 Å². The van der Waals surface area contributed by atoms with Gasteiger partial charge < -0.3 is 4.74 Å². The first-order valence-corrected chi connectivity index (χ1v) is 11.2. The number of benzene rings is 1. The van der Waals surface area contributed by atoms with Gasteiger partial charge in [-0.15, -0.1) is 0 Å². The molecule has 0 spiro atoms. The number of rotatable bonds is 6. The molecular formula is C24H38N2O2. The normalized spacial score (nSPS) is 16.8. The fraction of sp³-hybridized carbons (Fsp3) is 0.667. The van der Waals surface area contributed by atoms with Crippen LogP contribution in [0.25, 0.3) is 0 Å². The Kier molecular flexibility index (Phi) is 10.7. The molecule has 0 bridgehead atoms. The second-order valence-electron chi connectivity index (χ2n) is 8.36. The third-order valence-corrected chi connectivity index (χ3v) is 5.33. The number of hydrazone groups is 1. The maximum Gasteiger partial charge on any atom is 0.271 e. The number of nitrogens with one attached hydrogen (secondary N) is 1. The van der Waals surface area contributed by atoms with Crippen LogP contribution >= 0.6 is 0 Å². The van der Waals surface area contributed by atoms with Gasteiger partial charge in [-0.05, 0) is 62.3 Å². The lowest BCUT2D eigenvalue weighted by Gasteiger charge is -2.10. The molecule has 1 aliphatic rings. The number of ether oxygens (including phenoxy) is 1. The van der Waals surface area contributed by atoms with E-state index in [-0.39, 0.29) is 5.91 Å². The summed E-state index contributed by atoms with van der Waals surface area (Å²) >= 11 is 0. The third kappa shape index (κ3) is 9.38. The SMILES string of the molecule is CC(C)CCOc1ccc(C(=O)NN=C2CCCCCCCCCCC2)cc1. The predicted octanol–water partition coefficient (Wildman–Crippen LogP) is 6.50. The zero-order valence-electron chi connectivity index (χ0n) is 17.8. The van der Waals surface area contributed by atoms with Gasteiger partial charge in [-0.25, -0.2) is 5.43 Å². The summed E-state index contributed by atoms with van der Waals surface area (Å²) in [5.74, 6) is 1.29. The van der Waals surface area contributed by atoms with Gasteiger partial charge in [0, 0.05) is 11.3 Å². The second-order valence-corrected chi connectivity index (χ2v) is 8.36. The minimum absolute atomic E-state index is 0.146. The molecular weight excluding hydrogens is 348 g/mol. The van der Waals surface area contributed by atoms with Crippen LogP contribution in [0.5, 0.6) is 5.75 Å². The van der Waals surface area contributed by atoms with Crippen LogP contribution in [0.1, 0.15) is 101 Å². The zero-order valence-corrected chi connectivity index (χ0v) is 17.8. The maximum absolute atomic E-state index is 12.4. The molecule has 1 aromatic rings. The molecule has 0 atom stereocenters. The monoisotopic (exact) mass is 386 g/mol. The molecule has 0 heterocycles. The van der Waals surface area contributed by atoms with Crippen molar-refractivity contribution < 1.29 is 9.53 Å². The van der Waals surface area contributed by atoms with Crippen molar-refractivity contribution in [3.05, 3.63) is 29.8 Å². The van der Waals surface area contributed by atoms with Gasteiger partial charge in [0.1, 0.15) is 5.75 Å². The van der Waals surface area contributed by atoms with Crippen LogP contribution in [0, 0.1) is 5.92 Å². The minimum Gasteiger partial charge on any atom is -0.494 e. The highest BCUT2D eigenvalue weighted by Gasteiger charge is 2.07. The van der Waals surface area contributed by atoms with Crippen LogP contribution in [0.4, 0.5) is 0 Å². The molecule has 1 amide bonds. The molecule has 156 valence electrons. The standard InChI is InChI=1S/C24H38N2O2/c1-20(2)18-19-28-23-16-14-21(15-17-23)24(27)26-25-22-12-10-8-6-4-3-5-7-9-11-13-22/h14-17,20H,3-13,18-19H2,1-2H3,(H,26,27). The van der Waals surface area contributed by atoms with Crippen molar-refractivity contribution in [1.82, 2.24) is 5.43 Å². The van der Waals surface area contributed by atoms with Gasteiger partial charge in [0.25, 0.3) is 5.91 Å². The molecule has 1 N–H and O–H groups in total. The average molecular weight is 387 g/mol. The number of hydrogen-bond acceptors (Lipinski definition) is 3. The van der Waals surface area contributed by atoms with Crippen molar-refractivity contribution in [2.24, 2.45) is 11.0 Å². The van der Waals surface area contributed by atoms with Crippen LogP contribution < -0.4 is 10.2 Å². The fourth-order valence-electron chi connectivity index (χ4n) is 3.44. The molecule has 1 fully saturated rings. The largest absolute Gasteiger partial charge is 0.494 e. The van der Waals surface area contributed by atoms with E-state index in [4.69, 9.17) is 4.74 Å². The van der Waals surface area contributed by atoms with Crippen molar-refractivity contribution >= 4 is 11.6 Å². The van der Waals surface area contributed by atoms with Crippen LogP contribution in [0.15, 0.2) is 29.4 Å².